The molecule has 1 N–H and O–H groups in total. The lowest BCUT2D eigenvalue weighted by atomic mass is 9.90. The molecule has 0 saturated carbocycles. The van der Waals surface area contributed by atoms with Crippen molar-refractivity contribution in [1.82, 2.24) is 10.3 Å². The van der Waals surface area contributed by atoms with Crippen LogP contribution in [0.5, 0.6) is 0 Å². The van der Waals surface area contributed by atoms with E-state index in [1.807, 2.05) is 7.05 Å². The van der Waals surface area contributed by atoms with E-state index in [2.05, 4.69) is 55.7 Å². The van der Waals surface area contributed by atoms with Crippen molar-refractivity contribution in [3.8, 4) is 10.6 Å². The highest BCUT2D eigenvalue weighted by atomic mass is 32.1. The zero-order valence-corrected chi connectivity index (χ0v) is 12.3. The van der Waals surface area contributed by atoms with Gasteiger partial charge >= 0.3 is 0 Å². The Bertz CT molecular complexity index is 529. The van der Waals surface area contributed by atoms with Gasteiger partial charge in [-0.1, -0.05) is 38.1 Å². The van der Waals surface area contributed by atoms with Gasteiger partial charge in [-0.25, -0.2) is 4.98 Å². The van der Waals surface area contributed by atoms with Crippen molar-refractivity contribution in [2.45, 2.75) is 26.2 Å². The maximum Gasteiger partial charge on any atom is 0.123 e. The minimum absolute atomic E-state index is 0.0756. The Hall–Kier alpha value is -1.19. The third kappa shape index (κ3) is 2.62. The number of aromatic nitrogens is 1. The average Bonchev–Trinajstić information content (AvgIpc) is 2.79. The van der Waals surface area contributed by atoms with Crippen LogP contribution in [0.2, 0.25) is 0 Å². The van der Waals surface area contributed by atoms with Crippen LogP contribution in [0.1, 0.15) is 25.1 Å². The lowest BCUT2D eigenvalue weighted by molar-refractivity contribution is 0.483. The van der Waals surface area contributed by atoms with E-state index in [0.29, 0.717) is 0 Å². The van der Waals surface area contributed by atoms with Crippen molar-refractivity contribution in [3.05, 3.63) is 40.9 Å². The summed E-state index contributed by atoms with van der Waals surface area (Å²) < 4.78 is 0. The summed E-state index contributed by atoms with van der Waals surface area (Å²) in [6.07, 6.45) is 0. The third-order valence-corrected chi connectivity index (χ3v) is 4.07. The van der Waals surface area contributed by atoms with Gasteiger partial charge < -0.3 is 5.32 Å². The van der Waals surface area contributed by atoms with Crippen molar-refractivity contribution < 1.29 is 0 Å². The molecule has 1 aromatic heterocycles. The molecule has 0 bridgehead atoms. The standard InChI is InChI=1S/C15H20N2S/c1-11-7-5-6-8-12(11)14-17-13(9-18-14)15(2,3)10-16-4/h5-9,16H,10H2,1-4H3. The van der Waals surface area contributed by atoms with E-state index in [1.165, 1.54) is 16.8 Å². The Labute approximate surface area is 113 Å². The molecule has 0 aliphatic heterocycles. The predicted molar refractivity (Wildman–Crippen MR) is 79.2 cm³/mol. The van der Waals surface area contributed by atoms with E-state index >= 15 is 0 Å². The molecule has 2 rings (SSSR count). The van der Waals surface area contributed by atoms with Crippen LogP contribution in [0.3, 0.4) is 0 Å². The smallest absolute Gasteiger partial charge is 0.123 e. The molecule has 0 spiro atoms. The van der Waals surface area contributed by atoms with Gasteiger partial charge in [0.05, 0.1) is 5.69 Å². The van der Waals surface area contributed by atoms with E-state index < -0.39 is 0 Å². The molecule has 0 fully saturated rings. The third-order valence-electron chi connectivity index (χ3n) is 3.19. The van der Waals surface area contributed by atoms with Crippen LogP contribution in [-0.2, 0) is 5.41 Å². The van der Waals surface area contributed by atoms with Gasteiger partial charge in [0.2, 0.25) is 0 Å². The van der Waals surface area contributed by atoms with E-state index in [0.717, 1.165) is 11.6 Å². The monoisotopic (exact) mass is 260 g/mol. The van der Waals surface area contributed by atoms with Crippen molar-refractivity contribution in [1.29, 1.82) is 0 Å². The molecule has 2 aromatic rings. The first kappa shape index (κ1) is 13.2. The summed E-state index contributed by atoms with van der Waals surface area (Å²) in [7, 11) is 1.98. The Kier molecular flexibility index (Phi) is 3.83. The summed E-state index contributed by atoms with van der Waals surface area (Å²) in [6.45, 7) is 7.51. The molecule has 0 unspecified atom stereocenters. The minimum Gasteiger partial charge on any atom is -0.319 e. The molecule has 0 amide bonds. The van der Waals surface area contributed by atoms with Crippen molar-refractivity contribution in [3.63, 3.8) is 0 Å². The maximum atomic E-state index is 4.81. The first-order valence-electron chi connectivity index (χ1n) is 6.21. The van der Waals surface area contributed by atoms with Gasteiger partial charge in [-0.15, -0.1) is 11.3 Å². The zero-order valence-electron chi connectivity index (χ0n) is 11.4. The normalized spacial score (nSPS) is 11.8. The highest BCUT2D eigenvalue weighted by Crippen LogP contribution is 2.31. The Morgan fingerprint density at radius 2 is 2.00 bits per heavy atom. The number of aryl methyl sites for hydroxylation is 1. The molecule has 0 radical (unpaired) electrons. The number of rotatable bonds is 4. The number of benzene rings is 1. The SMILES string of the molecule is CNCC(C)(C)c1csc(-c2ccccc2C)n1. The van der Waals surface area contributed by atoms with Crippen LogP contribution in [0, 0.1) is 6.92 Å². The second-order valence-electron chi connectivity index (χ2n) is 5.27. The average molecular weight is 260 g/mol. The highest BCUT2D eigenvalue weighted by Gasteiger charge is 2.23. The van der Waals surface area contributed by atoms with Gasteiger partial charge in [0, 0.05) is 22.9 Å². The molecule has 18 heavy (non-hydrogen) atoms. The van der Waals surface area contributed by atoms with Crippen LogP contribution in [0.25, 0.3) is 10.6 Å². The van der Waals surface area contributed by atoms with Gasteiger partial charge in [0.15, 0.2) is 0 Å². The Morgan fingerprint density at radius 1 is 1.28 bits per heavy atom. The quantitative estimate of drug-likeness (QED) is 0.908. The molecule has 0 aliphatic carbocycles. The van der Waals surface area contributed by atoms with Crippen LogP contribution in [-0.4, -0.2) is 18.6 Å². The molecule has 0 saturated heterocycles. The second kappa shape index (κ2) is 5.21. The van der Waals surface area contributed by atoms with Gasteiger partial charge in [-0.05, 0) is 19.5 Å². The number of nitrogens with one attached hydrogen (secondary N) is 1. The fraction of sp³-hybridized carbons (Fsp3) is 0.400. The number of thiazole rings is 1. The molecule has 1 aromatic carbocycles. The number of hydrogen-bond acceptors (Lipinski definition) is 3. The summed E-state index contributed by atoms with van der Waals surface area (Å²) >= 11 is 1.73. The van der Waals surface area contributed by atoms with Gasteiger partial charge in [-0.2, -0.15) is 0 Å². The van der Waals surface area contributed by atoms with Crippen molar-refractivity contribution in [2.24, 2.45) is 0 Å². The van der Waals surface area contributed by atoms with E-state index in [4.69, 9.17) is 4.98 Å². The van der Waals surface area contributed by atoms with Crippen LogP contribution < -0.4 is 5.32 Å². The molecular formula is C15H20N2S. The first-order valence-corrected chi connectivity index (χ1v) is 7.09. The Morgan fingerprint density at radius 3 is 2.67 bits per heavy atom. The van der Waals surface area contributed by atoms with Crippen LogP contribution in [0.15, 0.2) is 29.6 Å². The van der Waals surface area contributed by atoms with Gasteiger partial charge in [-0.3, -0.25) is 0 Å². The van der Waals surface area contributed by atoms with Gasteiger partial charge in [0.1, 0.15) is 5.01 Å². The lowest BCUT2D eigenvalue weighted by Gasteiger charge is -2.21. The summed E-state index contributed by atoms with van der Waals surface area (Å²) in [5.41, 5.74) is 3.77. The molecule has 0 aliphatic rings. The largest absolute Gasteiger partial charge is 0.319 e. The second-order valence-corrected chi connectivity index (χ2v) is 6.13. The highest BCUT2D eigenvalue weighted by molar-refractivity contribution is 7.13. The van der Waals surface area contributed by atoms with Crippen molar-refractivity contribution >= 4 is 11.3 Å². The summed E-state index contributed by atoms with van der Waals surface area (Å²) in [5, 5.41) is 6.53. The first-order chi connectivity index (χ1) is 8.54. The molecule has 96 valence electrons. The van der Waals surface area contributed by atoms with Gasteiger partial charge in [0.25, 0.3) is 0 Å². The number of likely N-dealkylation sites (N-methyl/N-ethyl adjacent to an activating group) is 1. The molecule has 1 heterocycles. The lowest BCUT2D eigenvalue weighted by Crippen LogP contribution is -2.30. The fourth-order valence-electron chi connectivity index (χ4n) is 2.05. The van der Waals surface area contributed by atoms with Crippen LogP contribution in [0.4, 0.5) is 0 Å². The number of hydrogen-bond donors (Lipinski definition) is 1. The minimum atomic E-state index is 0.0756. The van der Waals surface area contributed by atoms with Crippen LogP contribution >= 0.6 is 11.3 Å². The molecule has 3 heteroatoms. The summed E-state index contributed by atoms with van der Waals surface area (Å²) in [6, 6.07) is 8.42. The molecule has 2 nitrogen and oxygen atoms in total. The predicted octanol–water partition coefficient (Wildman–Crippen LogP) is 3.62. The Balaban J connectivity index is 2.34. The number of nitrogens with zero attached hydrogens (tertiary/aromatic N) is 1. The fourth-order valence-corrected chi connectivity index (χ4v) is 3.16. The topological polar surface area (TPSA) is 24.9 Å². The van der Waals surface area contributed by atoms with Crippen molar-refractivity contribution in [2.75, 3.05) is 13.6 Å². The summed E-state index contributed by atoms with van der Waals surface area (Å²) in [5.74, 6) is 0. The molecule has 0 atom stereocenters. The maximum absolute atomic E-state index is 4.81. The molecular weight excluding hydrogens is 240 g/mol. The van der Waals surface area contributed by atoms with E-state index in [1.54, 1.807) is 11.3 Å². The zero-order chi connectivity index (χ0) is 13.2. The summed E-state index contributed by atoms with van der Waals surface area (Å²) in [4.78, 5) is 4.81. The van der Waals surface area contributed by atoms with E-state index in [9.17, 15) is 0 Å². The van der Waals surface area contributed by atoms with E-state index in [-0.39, 0.29) is 5.41 Å².